The maximum Gasteiger partial charge on any atom is 0.234 e. The minimum absolute atomic E-state index is 0.0519. The Morgan fingerprint density at radius 3 is 3.06 bits per heavy atom. The molecule has 1 aliphatic rings. The van der Waals surface area contributed by atoms with E-state index >= 15 is 0 Å². The van der Waals surface area contributed by atoms with Gasteiger partial charge in [0.25, 0.3) is 0 Å². The number of methoxy groups -OCH3 is 1. The number of hydrogen-bond acceptors (Lipinski definition) is 3. The molecule has 0 saturated carbocycles. The fraction of sp³-hybridized carbons (Fsp3) is 0.308. The smallest absolute Gasteiger partial charge is 0.234 e. The molecular weight excluding hydrogens is 216 g/mol. The van der Waals surface area contributed by atoms with Crippen molar-refractivity contribution in [3.8, 4) is 5.75 Å². The zero-order valence-corrected chi connectivity index (χ0v) is 9.77. The molecule has 1 saturated heterocycles. The van der Waals surface area contributed by atoms with Gasteiger partial charge in [-0.25, -0.2) is 5.43 Å². The summed E-state index contributed by atoms with van der Waals surface area (Å²) in [7, 11) is 1.65. The summed E-state index contributed by atoms with van der Waals surface area (Å²) in [6.07, 6.45) is 5.47. The van der Waals surface area contributed by atoms with Crippen LogP contribution in [0.3, 0.4) is 0 Å². The highest BCUT2D eigenvalue weighted by atomic mass is 16.5. The van der Waals surface area contributed by atoms with Gasteiger partial charge in [0, 0.05) is 12.5 Å². The highest BCUT2D eigenvalue weighted by Gasteiger charge is 2.14. The lowest BCUT2D eigenvalue weighted by atomic mass is 10.1. The number of amides is 1. The van der Waals surface area contributed by atoms with Gasteiger partial charge in [-0.1, -0.05) is 24.3 Å². The zero-order valence-electron chi connectivity index (χ0n) is 9.77. The van der Waals surface area contributed by atoms with Crippen LogP contribution < -0.4 is 15.6 Å². The number of hydrogen-bond donors (Lipinski definition) is 2. The molecule has 0 aromatic heterocycles. The molecule has 2 rings (SSSR count). The number of ether oxygens (including phenoxy) is 1. The summed E-state index contributed by atoms with van der Waals surface area (Å²) in [4.78, 5) is 11.0. The quantitative estimate of drug-likeness (QED) is 0.830. The molecule has 0 bridgehead atoms. The van der Waals surface area contributed by atoms with Crippen LogP contribution in [0.5, 0.6) is 5.75 Å². The second-order valence-corrected chi connectivity index (χ2v) is 3.97. The van der Waals surface area contributed by atoms with Crippen LogP contribution in [0.15, 0.2) is 30.3 Å². The lowest BCUT2D eigenvalue weighted by Gasteiger charge is -2.20. The third-order valence-corrected chi connectivity index (χ3v) is 2.69. The van der Waals surface area contributed by atoms with E-state index in [9.17, 15) is 4.79 Å². The first kappa shape index (κ1) is 11.7. The highest BCUT2D eigenvalue weighted by molar-refractivity contribution is 5.76. The van der Waals surface area contributed by atoms with Crippen molar-refractivity contribution in [2.45, 2.75) is 18.9 Å². The van der Waals surface area contributed by atoms with Gasteiger partial charge in [-0.2, -0.15) is 0 Å². The molecule has 0 spiro atoms. The molecule has 0 radical (unpaired) electrons. The Hall–Kier alpha value is -1.81. The Kier molecular flexibility index (Phi) is 3.77. The molecule has 1 heterocycles. The number of nitrogens with one attached hydrogen (secondary N) is 2. The molecule has 0 aliphatic carbocycles. The van der Waals surface area contributed by atoms with Gasteiger partial charge < -0.3 is 4.74 Å². The minimum Gasteiger partial charge on any atom is -0.497 e. The van der Waals surface area contributed by atoms with Gasteiger partial charge in [-0.15, -0.1) is 0 Å². The summed E-state index contributed by atoms with van der Waals surface area (Å²) < 4.78 is 5.15. The Bertz CT molecular complexity index is 419. The van der Waals surface area contributed by atoms with Crippen molar-refractivity contribution in [1.82, 2.24) is 10.9 Å². The zero-order chi connectivity index (χ0) is 12.1. The molecular formula is C13H16N2O2. The van der Waals surface area contributed by atoms with Gasteiger partial charge in [0.2, 0.25) is 5.91 Å². The van der Waals surface area contributed by atoms with Gasteiger partial charge in [0.1, 0.15) is 5.75 Å². The first-order chi connectivity index (χ1) is 8.28. The first-order valence-corrected chi connectivity index (χ1v) is 5.64. The summed E-state index contributed by atoms with van der Waals surface area (Å²) in [5, 5.41) is 0. The van der Waals surface area contributed by atoms with Crippen LogP contribution >= 0.6 is 0 Å². The van der Waals surface area contributed by atoms with Crippen molar-refractivity contribution in [2.24, 2.45) is 0 Å². The van der Waals surface area contributed by atoms with Crippen molar-refractivity contribution in [3.63, 3.8) is 0 Å². The summed E-state index contributed by atoms with van der Waals surface area (Å²) in [5.74, 6) is 0.896. The number of hydrazine groups is 1. The van der Waals surface area contributed by atoms with E-state index in [-0.39, 0.29) is 11.9 Å². The van der Waals surface area contributed by atoms with Crippen LogP contribution in [0.1, 0.15) is 18.4 Å². The molecule has 4 heteroatoms. The summed E-state index contributed by atoms with van der Waals surface area (Å²) in [6.45, 7) is 0. The molecule has 17 heavy (non-hydrogen) atoms. The van der Waals surface area contributed by atoms with E-state index in [0.717, 1.165) is 17.7 Å². The standard InChI is InChI=1S/C13H16N2O2/c1-17-12-4-2-3-10(9-12)5-6-11-7-8-13(16)15-14-11/h2-6,9,11,14H,7-8H2,1H3,(H,15,16)/b6-5+. The molecule has 1 fully saturated rings. The molecule has 90 valence electrons. The molecule has 1 aliphatic heterocycles. The molecule has 1 aromatic carbocycles. The molecule has 1 unspecified atom stereocenters. The maximum absolute atomic E-state index is 11.0. The Labute approximate surface area is 101 Å². The molecule has 1 aromatic rings. The second-order valence-electron chi connectivity index (χ2n) is 3.97. The number of carbonyl (C=O) groups is 1. The third kappa shape index (κ3) is 3.32. The van der Waals surface area contributed by atoms with Gasteiger partial charge in [-0.05, 0) is 24.1 Å². The predicted octanol–water partition coefficient (Wildman–Crippen LogP) is 1.49. The minimum atomic E-state index is 0.0519. The molecule has 1 amide bonds. The van der Waals surface area contributed by atoms with E-state index in [1.165, 1.54) is 0 Å². The van der Waals surface area contributed by atoms with Crippen molar-refractivity contribution in [1.29, 1.82) is 0 Å². The molecule has 1 atom stereocenters. The maximum atomic E-state index is 11.0. The topological polar surface area (TPSA) is 50.4 Å². The lowest BCUT2D eigenvalue weighted by molar-refractivity contribution is -0.123. The van der Waals surface area contributed by atoms with E-state index in [4.69, 9.17) is 4.74 Å². The Morgan fingerprint density at radius 1 is 1.47 bits per heavy atom. The van der Waals surface area contributed by atoms with Gasteiger partial charge in [0.15, 0.2) is 0 Å². The van der Waals surface area contributed by atoms with Crippen LogP contribution in [0, 0.1) is 0 Å². The number of benzene rings is 1. The average molecular weight is 232 g/mol. The largest absolute Gasteiger partial charge is 0.497 e. The van der Waals surface area contributed by atoms with Crippen LogP contribution in [-0.2, 0) is 4.79 Å². The first-order valence-electron chi connectivity index (χ1n) is 5.64. The fourth-order valence-electron chi connectivity index (χ4n) is 1.71. The van der Waals surface area contributed by atoms with Crippen molar-refractivity contribution < 1.29 is 9.53 Å². The number of carbonyl (C=O) groups excluding carboxylic acids is 1. The normalized spacial score (nSPS) is 20.3. The van der Waals surface area contributed by atoms with E-state index in [1.54, 1.807) is 7.11 Å². The van der Waals surface area contributed by atoms with Crippen molar-refractivity contribution in [2.75, 3.05) is 7.11 Å². The second kappa shape index (κ2) is 5.50. The fourth-order valence-corrected chi connectivity index (χ4v) is 1.71. The van der Waals surface area contributed by atoms with E-state index < -0.39 is 0 Å². The van der Waals surface area contributed by atoms with Crippen LogP contribution in [0.25, 0.3) is 6.08 Å². The monoisotopic (exact) mass is 232 g/mol. The highest BCUT2D eigenvalue weighted by Crippen LogP contribution is 2.14. The van der Waals surface area contributed by atoms with Crippen molar-refractivity contribution in [3.05, 3.63) is 35.9 Å². The van der Waals surface area contributed by atoms with Gasteiger partial charge >= 0.3 is 0 Å². The third-order valence-electron chi connectivity index (χ3n) is 2.69. The van der Waals surface area contributed by atoms with E-state index in [0.29, 0.717) is 6.42 Å². The Balaban J connectivity index is 1.97. The van der Waals surface area contributed by atoms with E-state index in [2.05, 4.69) is 10.9 Å². The SMILES string of the molecule is COc1cccc(/C=C/C2CCC(=O)NN2)c1. The summed E-state index contributed by atoms with van der Waals surface area (Å²) >= 11 is 0. The van der Waals surface area contributed by atoms with Crippen LogP contribution in [0.2, 0.25) is 0 Å². The average Bonchev–Trinajstić information content (AvgIpc) is 2.38. The van der Waals surface area contributed by atoms with Gasteiger partial charge in [0.05, 0.1) is 7.11 Å². The van der Waals surface area contributed by atoms with Crippen molar-refractivity contribution >= 4 is 12.0 Å². The van der Waals surface area contributed by atoms with E-state index in [1.807, 2.05) is 36.4 Å². The summed E-state index contributed by atoms with van der Waals surface area (Å²) in [6, 6.07) is 8.04. The molecule has 2 N–H and O–H groups in total. The summed E-state index contributed by atoms with van der Waals surface area (Å²) in [5.41, 5.74) is 6.66. The Morgan fingerprint density at radius 2 is 2.35 bits per heavy atom. The number of rotatable bonds is 3. The van der Waals surface area contributed by atoms with Gasteiger partial charge in [-0.3, -0.25) is 10.2 Å². The lowest BCUT2D eigenvalue weighted by Crippen LogP contribution is -2.48. The molecule has 4 nitrogen and oxygen atoms in total. The predicted molar refractivity (Wildman–Crippen MR) is 66.3 cm³/mol. The van der Waals surface area contributed by atoms with Crippen LogP contribution in [-0.4, -0.2) is 19.1 Å². The van der Waals surface area contributed by atoms with Crippen LogP contribution in [0.4, 0.5) is 0 Å².